The van der Waals surface area contributed by atoms with E-state index in [2.05, 4.69) is 70.8 Å². The SMILES string of the molecule is COC(=O)N[C@H](C(=O)N1CCC[C@H]1c1ncc(-c2ccc3c(c2)C(C)(C)c2cc(-c4cnc([C@@H]5CCCN5C(=O)[C@@H](NC(=O)OC)C5CC5)[nH]4)ccc2-3)[nH]1)C1CC1. The highest BCUT2D eigenvalue weighted by molar-refractivity contribution is 5.88. The van der Waals surface area contributed by atoms with Gasteiger partial charge in [0.15, 0.2) is 0 Å². The average molecular weight is 775 g/mol. The Morgan fingerprint density at radius 2 is 1.11 bits per heavy atom. The number of H-pyrrole nitrogens is 2. The molecule has 298 valence electrons. The molecule has 2 saturated carbocycles. The lowest BCUT2D eigenvalue weighted by molar-refractivity contribution is -0.135. The third kappa shape index (κ3) is 6.72. The molecule has 3 aliphatic carbocycles. The number of aromatic amines is 2. The molecule has 9 rings (SSSR count). The summed E-state index contributed by atoms with van der Waals surface area (Å²) in [5, 5.41) is 5.56. The number of nitrogens with zero attached hydrogens (tertiary/aromatic N) is 4. The van der Waals surface area contributed by atoms with Crippen LogP contribution in [0.25, 0.3) is 33.6 Å². The highest BCUT2D eigenvalue weighted by Crippen LogP contribution is 2.51. The van der Waals surface area contributed by atoms with Gasteiger partial charge < -0.3 is 39.9 Å². The number of nitrogens with one attached hydrogen (secondary N) is 4. The monoisotopic (exact) mass is 774 g/mol. The first kappa shape index (κ1) is 36.9. The van der Waals surface area contributed by atoms with E-state index in [9.17, 15) is 19.2 Å². The quantitative estimate of drug-likeness (QED) is 0.144. The van der Waals surface area contributed by atoms with Gasteiger partial charge in [-0.3, -0.25) is 9.59 Å². The molecule has 14 nitrogen and oxygen atoms in total. The van der Waals surface area contributed by atoms with Crippen LogP contribution in [0.5, 0.6) is 0 Å². The third-order valence-corrected chi connectivity index (χ3v) is 12.8. The van der Waals surface area contributed by atoms with E-state index >= 15 is 0 Å². The summed E-state index contributed by atoms with van der Waals surface area (Å²) in [6, 6.07) is 11.6. The van der Waals surface area contributed by atoms with Gasteiger partial charge in [-0.05, 0) is 109 Å². The summed E-state index contributed by atoms with van der Waals surface area (Å²) in [5.74, 6) is 1.63. The maximum Gasteiger partial charge on any atom is 0.407 e. The summed E-state index contributed by atoms with van der Waals surface area (Å²) in [4.78, 5) is 71.9. The Bertz CT molecular complexity index is 2080. The molecule has 4 heterocycles. The fourth-order valence-electron chi connectivity index (χ4n) is 9.36. The molecule has 0 radical (unpaired) electrons. The second-order valence-electron chi connectivity index (χ2n) is 16.8. The van der Waals surface area contributed by atoms with Crippen LogP contribution in [-0.2, 0) is 24.5 Å². The number of amides is 4. The standard InChI is InChI=1S/C43H50N8O6/c1-43(2)29-19-25(31-21-44-37(46-31)33-7-5-17-50(33)39(52)35(23-9-10-23)48-41(54)56-3)13-15-27(29)28-16-14-26(20-30(28)43)32-22-45-38(47-32)34-8-6-18-51(34)40(53)36(24-11-12-24)49-42(55)57-4/h13-16,19-24,33-36H,5-12,17-18H2,1-4H3,(H,44,46)(H,45,47)(H,48,54)(H,49,55)/t33-,34-,35-,36-/m0/s1. The topological polar surface area (TPSA) is 175 Å². The predicted octanol–water partition coefficient (Wildman–Crippen LogP) is 6.37. The van der Waals surface area contributed by atoms with E-state index in [0.29, 0.717) is 13.1 Å². The normalized spacial score (nSPS) is 21.8. The fraction of sp³-hybridized carbons (Fsp3) is 0.488. The first-order valence-electron chi connectivity index (χ1n) is 20.3. The minimum Gasteiger partial charge on any atom is -0.453 e. The number of carbonyl (C=O) groups excluding carboxylic acids is 4. The Balaban J connectivity index is 0.923. The van der Waals surface area contributed by atoms with Crippen molar-refractivity contribution < 1.29 is 28.7 Å². The van der Waals surface area contributed by atoms with Crippen LogP contribution in [0.2, 0.25) is 0 Å². The molecule has 4 aromatic rings. The predicted molar refractivity (Wildman–Crippen MR) is 211 cm³/mol. The van der Waals surface area contributed by atoms with E-state index in [1.54, 1.807) is 0 Å². The lowest BCUT2D eigenvalue weighted by Gasteiger charge is -2.28. The molecule has 14 heteroatoms. The van der Waals surface area contributed by atoms with E-state index in [0.717, 1.165) is 85.5 Å². The average Bonchev–Trinajstić information content (AvgIpc) is 3.89. The maximum atomic E-state index is 13.7. The van der Waals surface area contributed by atoms with Gasteiger partial charge in [-0.1, -0.05) is 38.1 Å². The molecule has 5 aliphatic rings. The molecule has 2 aliphatic heterocycles. The minimum absolute atomic E-state index is 0.0752. The van der Waals surface area contributed by atoms with Crippen molar-refractivity contribution in [2.24, 2.45) is 11.8 Å². The Morgan fingerprint density at radius 1 is 0.684 bits per heavy atom. The van der Waals surface area contributed by atoms with Gasteiger partial charge in [-0.25, -0.2) is 19.6 Å². The van der Waals surface area contributed by atoms with Crippen molar-refractivity contribution in [3.05, 3.63) is 71.6 Å². The van der Waals surface area contributed by atoms with E-state index < -0.39 is 24.3 Å². The summed E-state index contributed by atoms with van der Waals surface area (Å²) >= 11 is 0. The number of hydrogen-bond donors (Lipinski definition) is 4. The number of methoxy groups -OCH3 is 2. The number of likely N-dealkylation sites (tertiary alicyclic amines) is 2. The number of imidazole rings is 2. The fourth-order valence-corrected chi connectivity index (χ4v) is 9.36. The number of carbonyl (C=O) groups is 4. The van der Waals surface area contributed by atoms with Crippen LogP contribution in [0.4, 0.5) is 9.59 Å². The van der Waals surface area contributed by atoms with E-state index in [-0.39, 0.29) is 41.1 Å². The molecule has 2 saturated heterocycles. The Morgan fingerprint density at radius 3 is 1.49 bits per heavy atom. The zero-order chi connectivity index (χ0) is 39.6. The summed E-state index contributed by atoms with van der Waals surface area (Å²) in [5.41, 5.74) is 8.35. The van der Waals surface area contributed by atoms with Crippen molar-refractivity contribution in [1.82, 2.24) is 40.4 Å². The number of ether oxygens (including phenoxy) is 2. The highest BCUT2D eigenvalue weighted by atomic mass is 16.5. The van der Waals surface area contributed by atoms with Crippen LogP contribution in [-0.4, -0.2) is 93.1 Å². The molecular formula is C43H50N8O6. The van der Waals surface area contributed by atoms with Crippen molar-refractivity contribution in [3.63, 3.8) is 0 Å². The van der Waals surface area contributed by atoms with E-state index in [1.165, 1.54) is 36.5 Å². The van der Waals surface area contributed by atoms with Gasteiger partial charge in [-0.2, -0.15) is 0 Å². The molecule has 4 amide bonds. The maximum absolute atomic E-state index is 13.7. The summed E-state index contributed by atoms with van der Waals surface area (Å²) in [6.45, 7) is 5.75. The largest absolute Gasteiger partial charge is 0.453 e. The summed E-state index contributed by atoms with van der Waals surface area (Å²) in [7, 11) is 2.63. The molecule has 4 N–H and O–H groups in total. The highest BCUT2D eigenvalue weighted by Gasteiger charge is 2.45. The number of alkyl carbamates (subject to hydrolysis) is 2. The van der Waals surface area contributed by atoms with E-state index in [4.69, 9.17) is 19.4 Å². The van der Waals surface area contributed by atoms with Crippen molar-refractivity contribution in [2.45, 2.75) is 94.8 Å². The number of fused-ring (bicyclic) bond motifs is 3. The third-order valence-electron chi connectivity index (χ3n) is 12.8. The van der Waals surface area contributed by atoms with Crippen LogP contribution < -0.4 is 10.6 Å². The Kier molecular flexibility index (Phi) is 9.32. The molecule has 2 aromatic heterocycles. The van der Waals surface area contributed by atoms with Gasteiger partial charge in [0.2, 0.25) is 11.8 Å². The molecular weight excluding hydrogens is 725 g/mol. The van der Waals surface area contributed by atoms with Crippen molar-refractivity contribution in [2.75, 3.05) is 27.3 Å². The van der Waals surface area contributed by atoms with Crippen molar-refractivity contribution in [3.8, 4) is 33.6 Å². The van der Waals surface area contributed by atoms with E-state index in [1.807, 2.05) is 22.2 Å². The van der Waals surface area contributed by atoms with Gasteiger partial charge in [0.05, 0.1) is 50.1 Å². The number of hydrogen-bond acceptors (Lipinski definition) is 8. The number of benzene rings is 2. The Hall–Kier alpha value is -5.66. The van der Waals surface area contributed by atoms with Crippen LogP contribution >= 0.6 is 0 Å². The van der Waals surface area contributed by atoms with Gasteiger partial charge in [0.25, 0.3) is 0 Å². The van der Waals surface area contributed by atoms with Crippen LogP contribution in [0, 0.1) is 11.8 Å². The van der Waals surface area contributed by atoms with Crippen molar-refractivity contribution in [1.29, 1.82) is 0 Å². The molecule has 4 atom stereocenters. The smallest absolute Gasteiger partial charge is 0.407 e. The lowest BCUT2D eigenvalue weighted by Crippen LogP contribution is -2.49. The molecule has 2 aromatic carbocycles. The van der Waals surface area contributed by atoms with Gasteiger partial charge in [0, 0.05) is 18.5 Å². The first-order valence-corrected chi connectivity index (χ1v) is 20.3. The van der Waals surface area contributed by atoms with Gasteiger partial charge in [-0.15, -0.1) is 0 Å². The minimum atomic E-state index is -0.583. The molecule has 57 heavy (non-hydrogen) atoms. The summed E-state index contributed by atoms with van der Waals surface area (Å²) in [6.07, 6.45) is 9.53. The number of rotatable bonds is 10. The molecule has 0 spiro atoms. The van der Waals surface area contributed by atoms with Gasteiger partial charge >= 0.3 is 12.2 Å². The van der Waals surface area contributed by atoms with Crippen LogP contribution in [0.1, 0.15) is 100 Å². The van der Waals surface area contributed by atoms with Gasteiger partial charge in [0.1, 0.15) is 23.7 Å². The second-order valence-corrected chi connectivity index (χ2v) is 16.8. The van der Waals surface area contributed by atoms with Crippen LogP contribution in [0.3, 0.4) is 0 Å². The molecule has 0 unspecified atom stereocenters. The second kappa shape index (κ2) is 14.4. The van der Waals surface area contributed by atoms with Crippen LogP contribution in [0.15, 0.2) is 48.8 Å². The number of aromatic nitrogens is 4. The summed E-state index contributed by atoms with van der Waals surface area (Å²) < 4.78 is 9.63. The van der Waals surface area contributed by atoms with Crippen molar-refractivity contribution >= 4 is 24.0 Å². The zero-order valence-corrected chi connectivity index (χ0v) is 32.9. The molecule has 4 fully saturated rings. The lowest BCUT2D eigenvalue weighted by atomic mass is 9.81. The first-order chi connectivity index (χ1) is 27.5. The molecule has 0 bridgehead atoms. The Labute approximate surface area is 331 Å². The zero-order valence-electron chi connectivity index (χ0n) is 32.9.